The molecule has 0 radical (unpaired) electrons. The third-order valence-electron chi connectivity index (χ3n) is 5.17. The molecule has 0 spiro atoms. The Morgan fingerprint density at radius 2 is 2.00 bits per heavy atom. The zero-order chi connectivity index (χ0) is 20.6. The summed E-state index contributed by atoms with van der Waals surface area (Å²) in [6, 6.07) is 8.09. The largest absolute Gasteiger partial charge is 0.379 e. The van der Waals surface area contributed by atoms with Gasteiger partial charge in [-0.05, 0) is 53.1 Å². The highest BCUT2D eigenvalue weighted by Crippen LogP contribution is 2.21. The predicted molar refractivity (Wildman–Crippen MR) is 111 cm³/mol. The molecule has 1 fully saturated rings. The van der Waals surface area contributed by atoms with Gasteiger partial charge in [0, 0.05) is 24.6 Å². The number of carbonyl (C=O) groups is 1. The van der Waals surface area contributed by atoms with Crippen molar-refractivity contribution in [3.63, 3.8) is 0 Å². The fourth-order valence-corrected chi connectivity index (χ4v) is 3.43. The molecular weight excluding hydrogens is 368 g/mol. The molecule has 2 heterocycles. The van der Waals surface area contributed by atoms with Crippen LogP contribution in [0.15, 0.2) is 28.8 Å². The molecule has 1 aromatic carbocycles. The molecular formula is C22H32N4O3. The maximum Gasteiger partial charge on any atom is 0.241 e. The third-order valence-corrected chi connectivity index (χ3v) is 5.17. The lowest BCUT2D eigenvalue weighted by Gasteiger charge is -2.30. The van der Waals surface area contributed by atoms with Crippen LogP contribution >= 0.6 is 0 Å². The van der Waals surface area contributed by atoms with Crippen molar-refractivity contribution < 1.29 is 14.1 Å². The Morgan fingerprint density at radius 3 is 2.69 bits per heavy atom. The highest BCUT2D eigenvalue weighted by Gasteiger charge is 2.25. The van der Waals surface area contributed by atoms with E-state index in [-0.39, 0.29) is 17.9 Å². The zero-order valence-corrected chi connectivity index (χ0v) is 17.7. The quantitative estimate of drug-likeness (QED) is 0.651. The molecule has 1 aliphatic rings. The van der Waals surface area contributed by atoms with Gasteiger partial charge in [-0.25, -0.2) is 0 Å². The van der Waals surface area contributed by atoms with Crippen LogP contribution in [-0.4, -0.2) is 53.3 Å². The summed E-state index contributed by atoms with van der Waals surface area (Å²) in [5.41, 5.74) is 2.16. The Hall–Kier alpha value is -2.25. The van der Waals surface area contributed by atoms with Crippen LogP contribution in [0.4, 0.5) is 0 Å². The molecule has 1 N–H and O–H groups in total. The van der Waals surface area contributed by atoms with Crippen LogP contribution in [0.25, 0.3) is 11.4 Å². The summed E-state index contributed by atoms with van der Waals surface area (Å²) < 4.78 is 10.9. The lowest BCUT2D eigenvalue weighted by molar-refractivity contribution is -0.126. The lowest BCUT2D eigenvalue weighted by Crippen LogP contribution is -2.40. The van der Waals surface area contributed by atoms with Gasteiger partial charge in [0.25, 0.3) is 0 Å². The smallest absolute Gasteiger partial charge is 0.241 e. The van der Waals surface area contributed by atoms with E-state index in [0.29, 0.717) is 31.4 Å². The van der Waals surface area contributed by atoms with Crippen LogP contribution in [0.2, 0.25) is 0 Å². The number of carbonyl (C=O) groups excluding carboxylic acids is 1. The van der Waals surface area contributed by atoms with Gasteiger partial charge in [-0.15, -0.1) is 0 Å². The molecule has 0 unspecified atom stereocenters. The molecule has 7 heteroatoms. The Kier molecular flexibility index (Phi) is 7.77. The lowest BCUT2D eigenvalue weighted by atomic mass is 9.96. The van der Waals surface area contributed by atoms with Gasteiger partial charge in [0.05, 0.1) is 12.6 Å². The summed E-state index contributed by atoms with van der Waals surface area (Å²) in [6.07, 6.45) is 2.80. The highest BCUT2D eigenvalue weighted by molar-refractivity contribution is 5.78. The van der Waals surface area contributed by atoms with E-state index in [4.69, 9.17) is 9.26 Å². The second kappa shape index (κ2) is 10.5. The Balaban J connectivity index is 1.39. The maximum absolute atomic E-state index is 12.3. The molecule has 0 atom stereocenters. The van der Waals surface area contributed by atoms with Gasteiger partial charge in [0.2, 0.25) is 17.6 Å². The van der Waals surface area contributed by atoms with Gasteiger partial charge in [-0.2, -0.15) is 4.98 Å². The van der Waals surface area contributed by atoms with Crippen LogP contribution in [0, 0.1) is 12.8 Å². The number of nitrogens with one attached hydrogen (secondary N) is 1. The zero-order valence-electron chi connectivity index (χ0n) is 17.7. The van der Waals surface area contributed by atoms with Crippen LogP contribution in [0.1, 0.15) is 44.6 Å². The Bertz CT molecular complexity index is 765. The summed E-state index contributed by atoms with van der Waals surface area (Å²) in [6.45, 7) is 9.79. The molecule has 1 aromatic heterocycles. The molecule has 7 nitrogen and oxygen atoms in total. The Morgan fingerprint density at radius 1 is 1.28 bits per heavy atom. The number of aryl methyl sites for hydroxylation is 1. The van der Waals surface area contributed by atoms with E-state index < -0.39 is 0 Å². The second-order valence-electron chi connectivity index (χ2n) is 7.99. The van der Waals surface area contributed by atoms with Gasteiger partial charge < -0.3 is 14.6 Å². The summed E-state index contributed by atoms with van der Waals surface area (Å²) in [5, 5.41) is 7.13. The molecule has 0 bridgehead atoms. The molecule has 0 aliphatic carbocycles. The molecule has 1 saturated heterocycles. The van der Waals surface area contributed by atoms with Crippen LogP contribution in [-0.2, 0) is 16.1 Å². The van der Waals surface area contributed by atoms with Crippen molar-refractivity contribution in [1.29, 1.82) is 0 Å². The number of benzene rings is 1. The van der Waals surface area contributed by atoms with Gasteiger partial charge in [-0.3, -0.25) is 9.69 Å². The first-order valence-electron chi connectivity index (χ1n) is 10.5. The van der Waals surface area contributed by atoms with E-state index in [0.717, 1.165) is 37.9 Å². The van der Waals surface area contributed by atoms with Crippen LogP contribution in [0.5, 0.6) is 0 Å². The van der Waals surface area contributed by atoms with E-state index in [1.165, 1.54) is 5.56 Å². The molecule has 1 amide bonds. The van der Waals surface area contributed by atoms with Crippen molar-refractivity contribution >= 4 is 5.91 Å². The van der Waals surface area contributed by atoms with Gasteiger partial charge in [-0.1, -0.05) is 35.0 Å². The fraction of sp³-hybridized carbons (Fsp3) is 0.591. The van der Waals surface area contributed by atoms with Crippen molar-refractivity contribution in [3.05, 3.63) is 35.7 Å². The average molecular weight is 401 g/mol. The molecule has 158 valence electrons. The van der Waals surface area contributed by atoms with Gasteiger partial charge in [0.15, 0.2) is 0 Å². The molecule has 1 aliphatic heterocycles. The summed E-state index contributed by atoms with van der Waals surface area (Å²) in [5.74, 6) is 1.49. The fourth-order valence-electron chi connectivity index (χ4n) is 3.43. The van der Waals surface area contributed by atoms with Crippen molar-refractivity contribution in [2.45, 2.75) is 52.7 Å². The predicted octanol–water partition coefficient (Wildman–Crippen LogP) is 3.19. The molecule has 0 saturated carbocycles. The first-order valence-corrected chi connectivity index (χ1v) is 10.5. The topological polar surface area (TPSA) is 80.5 Å². The summed E-state index contributed by atoms with van der Waals surface area (Å²) in [4.78, 5) is 19.1. The first-order chi connectivity index (χ1) is 14.0. The summed E-state index contributed by atoms with van der Waals surface area (Å²) >= 11 is 0. The first kappa shape index (κ1) is 21.5. The maximum atomic E-state index is 12.3. The number of hydrogen-bond donors (Lipinski definition) is 1. The average Bonchev–Trinajstić information content (AvgIpc) is 3.17. The van der Waals surface area contributed by atoms with Crippen molar-refractivity contribution in [2.75, 3.05) is 26.2 Å². The summed E-state index contributed by atoms with van der Waals surface area (Å²) in [7, 11) is 0. The molecule has 2 aromatic rings. The molecule has 29 heavy (non-hydrogen) atoms. The second-order valence-corrected chi connectivity index (χ2v) is 7.99. The number of ether oxygens (including phenoxy) is 1. The number of aromatic nitrogens is 2. The monoisotopic (exact) mass is 400 g/mol. The Labute approximate surface area is 172 Å². The minimum Gasteiger partial charge on any atom is -0.379 e. The van der Waals surface area contributed by atoms with Crippen molar-refractivity contribution in [2.24, 2.45) is 5.92 Å². The van der Waals surface area contributed by atoms with E-state index in [2.05, 4.69) is 27.3 Å². The normalized spacial score (nSPS) is 15.7. The van der Waals surface area contributed by atoms with E-state index in [9.17, 15) is 4.79 Å². The van der Waals surface area contributed by atoms with E-state index in [1.54, 1.807) is 0 Å². The van der Waals surface area contributed by atoms with E-state index >= 15 is 0 Å². The SMILES string of the molecule is Cc1ccc(-c2noc(CN3CCC(C(=O)NCCCOC(C)C)CC3)n2)cc1. The number of hydrogen-bond acceptors (Lipinski definition) is 6. The molecule has 3 rings (SSSR count). The number of nitrogens with zero attached hydrogens (tertiary/aromatic N) is 3. The van der Waals surface area contributed by atoms with Crippen molar-refractivity contribution in [1.82, 2.24) is 20.4 Å². The van der Waals surface area contributed by atoms with E-state index in [1.807, 2.05) is 38.1 Å². The van der Waals surface area contributed by atoms with Crippen LogP contribution < -0.4 is 5.32 Å². The number of piperidine rings is 1. The standard InChI is InChI=1S/C22H32N4O3/c1-16(2)28-14-4-11-23-22(27)19-9-12-26(13-10-19)15-20-24-21(25-29-20)18-7-5-17(3)6-8-18/h5-8,16,19H,4,9-15H2,1-3H3,(H,23,27). The van der Waals surface area contributed by atoms with Gasteiger partial charge in [0.1, 0.15) is 0 Å². The van der Waals surface area contributed by atoms with Gasteiger partial charge >= 0.3 is 0 Å². The van der Waals surface area contributed by atoms with Crippen molar-refractivity contribution in [3.8, 4) is 11.4 Å². The number of rotatable bonds is 9. The number of likely N-dealkylation sites (tertiary alicyclic amines) is 1. The number of amides is 1. The minimum atomic E-state index is 0.0862. The van der Waals surface area contributed by atoms with Crippen LogP contribution in [0.3, 0.4) is 0 Å². The highest BCUT2D eigenvalue weighted by atomic mass is 16.5. The minimum absolute atomic E-state index is 0.0862. The third kappa shape index (κ3) is 6.65.